The summed E-state index contributed by atoms with van der Waals surface area (Å²) in [5, 5.41) is -0.139. The van der Waals surface area contributed by atoms with Gasteiger partial charge in [-0.05, 0) is 31.5 Å². The van der Waals surface area contributed by atoms with E-state index in [0.29, 0.717) is 0 Å². The molecule has 5 heteroatoms. The van der Waals surface area contributed by atoms with Crippen molar-refractivity contribution in [2.45, 2.75) is 20.8 Å². The summed E-state index contributed by atoms with van der Waals surface area (Å²) in [5.74, 6) is 0. The van der Waals surface area contributed by atoms with Crippen molar-refractivity contribution in [3.8, 4) is 0 Å². The number of nitrogens with one attached hydrogen (secondary N) is 1. The minimum atomic E-state index is -0.139. The zero-order chi connectivity index (χ0) is 13.0. The van der Waals surface area contributed by atoms with Gasteiger partial charge in [0.1, 0.15) is 4.64 Å². The number of carbonyl (C=O) groups is 1. The molecule has 0 radical (unpaired) electrons. The Kier molecular flexibility index (Phi) is 4.84. The first-order valence-corrected chi connectivity index (χ1v) is 5.92. The maximum Gasteiger partial charge on any atom is 0.182 e. The molecule has 0 spiro atoms. The number of thiol groups is 1. The predicted octanol–water partition coefficient (Wildman–Crippen LogP) is 3.37. The van der Waals surface area contributed by atoms with Crippen molar-refractivity contribution in [2.75, 3.05) is 0 Å². The van der Waals surface area contributed by atoms with Crippen LogP contribution in [-0.2, 0) is 4.79 Å². The topological polar surface area (TPSA) is 45.8 Å². The number of hydrogen-bond acceptors (Lipinski definition) is 3. The fourth-order valence-corrected chi connectivity index (χ4v) is 1.45. The Hall–Kier alpha value is -1.20. The summed E-state index contributed by atoms with van der Waals surface area (Å²) >= 11 is 8.43. The SMILES string of the molecule is CC(=O)S.Cc1ccc2nc(C)c(=S)[nH]c2c1. The molecule has 90 valence electrons. The van der Waals surface area contributed by atoms with E-state index in [1.807, 2.05) is 19.1 Å². The molecular weight excluding hydrogens is 252 g/mol. The summed E-state index contributed by atoms with van der Waals surface area (Å²) in [6.07, 6.45) is 0. The number of hydrogen-bond donors (Lipinski definition) is 2. The van der Waals surface area contributed by atoms with E-state index in [0.717, 1.165) is 21.4 Å². The van der Waals surface area contributed by atoms with E-state index in [-0.39, 0.29) is 5.12 Å². The van der Waals surface area contributed by atoms with Crippen LogP contribution < -0.4 is 0 Å². The zero-order valence-electron chi connectivity index (χ0n) is 9.94. The second kappa shape index (κ2) is 5.93. The van der Waals surface area contributed by atoms with Crippen molar-refractivity contribution in [3.63, 3.8) is 0 Å². The van der Waals surface area contributed by atoms with E-state index in [2.05, 4.69) is 35.6 Å². The summed E-state index contributed by atoms with van der Waals surface area (Å²) in [4.78, 5) is 16.8. The first kappa shape index (κ1) is 13.9. The van der Waals surface area contributed by atoms with Gasteiger partial charge in [0.25, 0.3) is 0 Å². The molecule has 0 unspecified atom stereocenters. The van der Waals surface area contributed by atoms with Crippen LogP contribution in [0.5, 0.6) is 0 Å². The third-order valence-corrected chi connectivity index (χ3v) is 2.41. The number of aryl methyl sites for hydroxylation is 2. The van der Waals surface area contributed by atoms with E-state index in [1.54, 1.807) is 0 Å². The lowest BCUT2D eigenvalue weighted by molar-refractivity contribution is -0.108. The molecule has 0 atom stereocenters. The normalized spacial score (nSPS) is 9.65. The van der Waals surface area contributed by atoms with Crippen molar-refractivity contribution < 1.29 is 4.79 Å². The highest BCUT2D eigenvalue weighted by Crippen LogP contribution is 2.11. The number of rotatable bonds is 0. The number of carbonyl (C=O) groups excluding carboxylic acids is 1. The van der Waals surface area contributed by atoms with Gasteiger partial charge in [0.05, 0.1) is 16.7 Å². The van der Waals surface area contributed by atoms with Gasteiger partial charge in [0, 0.05) is 6.92 Å². The van der Waals surface area contributed by atoms with Crippen LogP contribution in [0.15, 0.2) is 18.2 Å². The highest BCUT2D eigenvalue weighted by atomic mass is 32.1. The number of H-pyrrole nitrogens is 1. The molecule has 0 aliphatic heterocycles. The lowest BCUT2D eigenvalue weighted by atomic mass is 10.2. The summed E-state index contributed by atoms with van der Waals surface area (Å²) in [6, 6.07) is 6.10. The molecule has 2 aromatic rings. The molecule has 0 aliphatic rings. The molecule has 1 aromatic heterocycles. The van der Waals surface area contributed by atoms with Gasteiger partial charge in [-0.1, -0.05) is 18.3 Å². The van der Waals surface area contributed by atoms with Crippen molar-refractivity contribution in [2.24, 2.45) is 0 Å². The number of fused-ring (bicyclic) bond motifs is 1. The lowest BCUT2D eigenvalue weighted by Gasteiger charge is -2.00. The van der Waals surface area contributed by atoms with Crippen LogP contribution in [0.2, 0.25) is 0 Å². The summed E-state index contributed by atoms with van der Waals surface area (Å²) in [7, 11) is 0. The first-order valence-electron chi connectivity index (χ1n) is 5.07. The van der Waals surface area contributed by atoms with Crippen molar-refractivity contribution >= 4 is 41.0 Å². The Labute approximate surface area is 111 Å². The average molecular weight is 266 g/mol. The van der Waals surface area contributed by atoms with Gasteiger partial charge in [-0.2, -0.15) is 0 Å². The van der Waals surface area contributed by atoms with Crippen LogP contribution in [0.1, 0.15) is 18.2 Å². The highest BCUT2D eigenvalue weighted by Gasteiger charge is 1.97. The van der Waals surface area contributed by atoms with E-state index in [9.17, 15) is 4.79 Å². The van der Waals surface area contributed by atoms with Crippen LogP contribution in [0.25, 0.3) is 11.0 Å². The Balaban J connectivity index is 0.000000317. The maximum atomic E-state index is 9.31. The van der Waals surface area contributed by atoms with Crippen LogP contribution in [-0.4, -0.2) is 15.1 Å². The molecule has 0 saturated heterocycles. The van der Waals surface area contributed by atoms with Gasteiger partial charge in [0.2, 0.25) is 0 Å². The molecular formula is C12H14N2OS2. The molecule has 1 heterocycles. The monoisotopic (exact) mass is 266 g/mol. The largest absolute Gasteiger partial charge is 0.343 e. The van der Waals surface area contributed by atoms with Gasteiger partial charge >= 0.3 is 0 Å². The molecule has 17 heavy (non-hydrogen) atoms. The minimum Gasteiger partial charge on any atom is -0.343 e. The number of benzene rings is 1. The number of nitrogens with zero attached hydrogens (tertiary/aromatic N) is 1. The lowest BCUT2D eigenvalue weighted by Crippen LogP contribution is -1.89. The van der Waals surface area contributed by atoms with Crippen LogP contribution in [0.3, 0.4) is 0 Å². The summed E-state index contributed by atoms with van der Waals surface area (Å²) in [6.45, 7) is 5.36. The fourth-order valence-electron chi connectivity index (χ4n) is 1.29. The van der Waals surface area contributed by atoms with Gasteiger partial charge in [0.15, 0.2) is 5.12 Å². The Bertz CT molecular complexity index is 601. The van der Waals surface area contributed by atoms with Crippen molar-refractivity contribution in [3.05, 3.63) is 34.1 Å². The number of aromatic amines is 1. The second-order valence-electron chi connectivity index (χ2n) is 3.69. The minimum absolute atomic E-state index is 0.139. The molecule has 0 amide bonds. The Morgan fingerprint density at radius 3 is 2.59 bits per heavy atom. The maximum absolute atomic E-state index is 9.31. The molecule has 1 N–H and O–H groups in total. The third kappa shape index (κ3) is 4.28. The van der Waals surface area contributed by atoms with E-state index < -0.39 is 0 Å². The van der Waals surface area contributed by atoms with Crippen LogP contribution in [0.4, 0.5) is 0 Å². The number of aromatic nitrogens is 2. The second-order valence-corrected chi connectivity index (χ2v) is 4.73. The van der Waals surface area contributed by atoms with E-state index in [1.165, 1.54) is 12.5 Å². The molecule has 0 fully saturated rings. The van der Waals surface area contributed by atoms with Crippen molar-refractivity contribution in [1.29, 1.82) is 0 Å². The fraction of sp³-hybridized carbons (Fsp3) is 0.250. The smallest absolute Gasteiger partial charge is 0.182 e. The molecule has 0 saturated carbocycles. The molecule has 0 aliphatic carbocycles. The van der Waals surface area contributed by atoms with E-state index in [4.69, 9.17) is 12.2 Å². The molecule has 1 aromatic carbocycles. The van der Waals surface area contributed by atoms with Gasteiger partial charge in [-0.25, -0.2) is 4.98 Å². The van der Waals surface area contributed by atoms with Gasteiger partial charge in [-0.3, -0.25) is 4.79 Å². The molecule has 2 rings (SSSR count). The predicted molar refractivity (Wildman–Crippen MR) is 76.1 cm³/mol. The van der Waals surface area contributed by atoms with Gasteiger partial charge in [-0.15, -0.1) is 12.6 Å². The Morgan fingerprint density at radius 1 is 1.41 bits per heavy atom. The summed E-state index contributed by atoms with van der Waals surface area (Å²) < 4.78 is 0.720. The van der Waals surface area contributed by atoms with Gasteiger partial charge < -0.3 is 4.98 Å². The first-order chi connectivity index (χ1) is 7.90. The van der Waals surface area contributed by atoms with Crippen LogP contribution >= 0.6 is 24.8 Å². The zero-order valence-corrected chi connectivity index (χ0v) is 11.7. The third-order valence-electron chi connectivity index (χ3n) is 2.02. The standard InChI is InChI=1S/C10H10N2S.C2H4OS/c1-6-3-4-8-9(5-6)12-10(13)7(2)11-8;1-2(3)4/h3-5H,1-2H3,(H,12,13);1H3,(H,3,4). The Morgan fingerprint density at radius 2 is 2.00 bits per heavy atom. The molecule has 3 nitrogen and oxygen atoms in total. The summed E-state index contributed by atoms with van der Waals surface area (Å²) in [5.41, 5.74) is 4.07. The average Bonchev–Trinajstić information content (AvgIpc) is 2.19. The highest BCUT2D eigenvalue weighted by molar-refractivity contribution is 7.96. The quantitative estimate of drug-likeness (QED) is 0.567. The molecule has 0 bridgehead atoms. The van der Waals surface area contributed by atoms with Crippen LogP contribution in [0, 0.1) is 18.5 Å². The van der Waals surface area contributed by atoms with E-state index >= 15 is 0 Å². The van der Waals surface area contributed by atoms with Crippen molar-refractivity contribution in [1.82, 2.24) is 9.97 Å².